The van der Waals surface area contributed by atoms with E-state index in [1.54, 1.807) is 12.7 Å². The highest BCUT2D eigenvalue weighted by atomic mass is 16.2. The zero-order valence-corrected chi connectivity index (χ0v) is 15.3. The molecular formula is C22H24N4O. The number of nitrogens with zero attached hydrogens (tertiary/aromatic N) is 4. The Morgan fingerprint density at radius 1 is 0.889 bits per heavy atom. The van der Waals surface area contributed by atoms with Crippen LogP contribution in [-0.2, 0) is 11.3 Å². The Balaban J connectivity index is 1.48. The van der Waals surface area contributed by atoms with Gasteiger partial charge in [-0.15, -0.1) is 10.2 Å². The molecule has 0 unspecified atom stereocenters. The molecule has 3 aromatic rings. The molecule has 1 saturated heterocycles. The van der Waals surface area contributed by atoms with Crippen LogP contribution in [0.3, 0.4) is 0 Å². The second kappa shape index (κ2) is 8.16. The van der Waals surface area contributed by atoms with E-state index in [4.69, 9.17) is 0 Å². The number of piperidine rings is 1. The highest BCUT2D eigenvalue weighted by molar-refractivity contribution is 5.87. The highest BCUT2D eigenvalue weighted by Gasteiger charge is 2.30. The fraction of sp³-hybridized carbons (Fsp3) is 0.318. The average Bonchev–Trinajstić information content (AvgIpc) is 3.23. The molecule has 0 spiro atoms. The van der Waals surface area contributed by atoms with Gasteiger partial charge in [0.15, 0.2) is 0 Å². The van der Waals surface area contributed by atoms with E-state index in [0.29, 0.717) is 5.92 Å². The number of rotatable bonds is 5. The minimum absolute atomic E-state index is 0.204. The van der Waals surface area contributed by atoms with Crippen molar-refractivity contribution in [1.82, 2.24) is 19.7 Å². The van der Waals surface area contributed by atoms with Gasteiger partial charge < -0.3 is 9.47 Å². The number of hydrogen-bond acceptors (Lipinski definition) is 3. The number of benzene rings is 2. The van der Waals surface area contributed by atoms with Gasteiger partial charge in [0, 0.05) is 19.6 Å². The second-order valence-corrected chi connectivity index (χ2v) is 7.18. The summed E-state index contributed by atoms with van der Waals surface area (Å²) in [6.07, 6.45) is 5.55. The topological polar surface area (TPSA) is 51.0 Å². The SMILES string of the molecule is O=C(C(c1ccccc1)c1ccccc1)N1CCC(Cn2cnnc2)CC1. The third kappa shape index (κ3) is 4.08. The lowest BCUT2D eigenvalue weighted by Crippen LogP contribution is -2.42. The maximum atomic E-state index is 13.4. The van der Waals surface area contributed by atoms with Gasteiger partial charge in [-0.25, -0.2) is 0 Å². The van der Waals surface area contributed by atoms with Crippen LogP contribution in [-0.4, -0.2) is 38.7 Å². The van der Waals surface area contributed by atoms with E-state index in [9.17, 15) is 4.79 Å². The van der Waals surface area contributed by atoms with Crippen molar-refractivity contribution in [3.63, 3.8) is 0 Å². The van der Waals surface area contributed by atoms with Crippen molar-refractivity contribution in [3.8, 4) is 0 Å². The first kappa shape index (κ1) is 17.5. The van der Waals surface area contributed by atoms with Crippen LogP contribution in [0, 0.1) is 5.92 Å². The molecule has 0 saturated carbocycles. The zero-order chi connectivity index (χ0) is 18.5. The highest BCUT2D eigenvalue weighted by Crippen LogP contribution is 2.29. The molecule has 0 radical (unpaired) electrons. The fourth-order valence-electron chi connectivity index (χ4n) is 3.90. The summed E-state index contributed by atoms with van der Waals surface area (Å²) in [5.41, 5.74) is 2.11. The van der Waals surface area contributed by atoms with Gasteiger partial charge >= 0.3 is 0 Å². The van der Waals surface area contributed by atoms with Crippen molar-refractivity contribution < 1.29 is 4.79 Å². The van der Waals surface area contributed by atoms with Gasteiger partial charge in [0.25, 0.3) is 0 Å². The molecular weight excluding hydrogens is 336 g/mol. The van der Waals surface area contributed by atoms with E-state index in [1.807, 2.05) is 70.1 Å². The average molecular weight is 360 g/mol. The summed E-state index contributed by atoms with van der Waals surface area (Å²) in [6, 6.07) is 20.2. The van der Waals surface area contributed by atoms with Gasteiger partial charge in [0.2, 0.25) is 5.91 Å². The van der Waals surface area contributed by atoms with Gasteiger partial charge in [-0.1, -0.05) is 60.7 Å². The molecule has 0 bridgehead atoms. The van der Waals surface area contributed by atoms with Crippen molar-refractivity contribution in [2.24, 2.45) is 5.92 Å². The summed E-state index contributed by atoms with van der Waals surface area (Å²) in [5.74, 6) is 0.536. The largest absolute Gasteiger partial charge is 0.342 e. The molecule has 1 aromatic heterocycles. The van der Waals surface area contributed by atoms with Crippen LogP contribution in [0.5, 0.6) is 0 Å². The van der Waals surface area contributed by atoms with Crippen molar-refractivity contribution in [3.05, 3.63) is 84.4 Å². The Morgan fingerprint density at radius 3 is 1.93 bits per heavy atom. The number of amides is 1. The molecule has 0 atom stereocenters. The van der Waals surface area contributed by atoms with Crippen LogP contribution < -0.4 is 0 Å². The minimum atomic E-state index is -0.234. The van der Waals surface area contributed by atoms with Gasteiger partial charge in [-0.3, -0.25) is 4.79 Å². The summed E-state index contributed by atoms with van der Waals surface area (Å²) in [5, 5.41) is 7.74. The van der Waals surface area contributed by atoms with E-state index in [2.05, 4.69) is 10.2 Å². The molecule has 5 heteroatoms. The Kier molecular flexibility index (Phi) is 5.28. The molecule has 2 heterocycles. The third-order valence-electron chi connectivity index (χ3n) is 5.37. The predicted octanol–water partition coefficient (Wildman–Crippen LogP) is 3.35. The molecule has 138 valence electrons. The second-order valence-electron chi connectivity index (χ2n) is 7.18. The number of aromatic nitrogens is 3. The zero-order valence-electron chi connectivity index (χ0n) is 15.3. The minimum Gasteiger partial charge on any atom is -0.342 e. The number of hydrogen-bond donors (Lipinski definition) is 0. The summed E-state index contributed by atoms with van der Waals surface area (Å²) in [4.78, 5) is 15.5. The van der Waals surface area contributed by atoms with Gasteiger partial charge in [-0.2, -0.15) is 0 Å². The van der Waals surface area contributed by atoms with Crippen molar-refractivity contribution >= 4 is 5.91 Å². The van der Waals surface area contributed by atoms with Crippen LogP contribution in [0.2, 0.25) is 0 Å². The van der Waals surface area contributed by atoms with Crippen molar-refractivity contribution in [2.45, 2.75) is 25.3 Å². The summed E-state index contributed by atoms with van der Waals surface area (Å²) >= 11 is 0. The van der Waals surface area contributed by atoms with Crippen molar-refractivity contribution in [2.75, 3.05) is 13.1 Å². The Labute approximate surface area is 159 Å². The third-order valence-corrected chi connectivity index (χ3v) is 5.37. The first-order valence-corrected chi connectivity index (χ1v) is 9.52. The van der Waals surface area contributed by atoms with E-state index < -0.39 is 0 Å². The van der Waals surface area contributed by atoms with E-state index in [-0.39, 0.29) is 11.8 Å². The van der Waals surface area contributed by atoms with Crippen LogP contribution in [0.1, 0.15) is 29.9 Å². The Morgan fingerprint density at radius 2 is 1.41 bits per heavy atom. The number of likely N-dealkylation sites (tertiary alicyclic amines) is 1. The fourth-order valence-corrected chi connectivity index (χ4v) is 3.90. The molecule has 2 aromatic carbocycles. The van der Waals surface area contributed by atoms with E-state index in [0.717, 1.165) is 43.6 Å². The molecule has 4 rings (SSSR count). The van der Waals surface area contributed by atoms with Crippen molar-refractivity contribution in [1.29, 1.82) is 0 Å². The maximum Gasteiger partial charge on any atom is 0.234 e. The van der Waals surface area contributed by atoms with Gasteiger partial charge in [0.1, 0.15) is 12.7 Å². The number of carbonyl (C=O) groups is 1. The van der Waals surface area contributed by atoms with Crippen LogP contribution in [0.25, 0.3) is 0 Å². The molecule has 27 heavy (non-hydrogen) atoms. The normalized spacial score (nSPS) is 15.2. The molecule has 1 aliphatic heterocycles. The molecule has 1 aliphatic rings. The standard InChI is InChI=1S/C22H24N4O/c27-22(26-13-11-18(12-14-26)15-25-16-23-24-17-25)21(19-7-3-1-4-8-19)20-9-5-2-6-10-20/h1-10,16-18,21H,11-15H2. The summed E-state index contributed by atoms with van der Waals surface area (Å²) < 4.78 is 2.03. The Bertz CT molecular complexity index is 801. The first-order valence-electron chi connectivity index (χ1n) is 9.52. The van der Waals surface area contributed by atoms with Crippen LogP contribution in [0.15, 0.2) is 73.3 Å². The lowest BCUT2D eigenvalue weighted by Gasteiger charge is -2.34. The van der Waals surface area contributed by atoms with Gasteiger partial charge in [-0.05, 0) is 29.9 Å². The molecule has 0 N–H and O–H groups in total. The smallest absolute Gasteiger partial charge is 0.234 e. The predicted molar refractivity (Wildman–Crippen MR) is 104 cm³/mol. The van der Waals surface area contributed by atoms with Crippen LogP contribution in [0.4, 0.5) is 0 Å². The monoisotopic (exact) mass is 360 g/mol. The first-order chi connectivity index (χ1) is 13.3. The molecule has 5 nitrogen and oxygen atoms in total. The summed E-state index contributed by atoms with van der Waals surface area (Å²) in [7, 11) is 0. The van der Waals surface area contributed by atoms with Crippen LogP contribution >= 0.6 is 0 Å². The Hall–Kier alpha value is -2.95. The van der Waals surface area contributed by atoms with Gasteiger partial charge in [0.05, 0.1) is 5.92 Å². The lowest BCUT2D eigenvalue weighted by atomic mass is 9.88. The quantitative estimate of drug-likeness (QED) is 0.701. The molecule has 0 aliphatic carbocycles. The number of carbonyl (C=O) groups excluding carboxylic acids is 1. The summed E-state index contributed by atoms with van der Waals surface area (Å²) in [6.45, 7) is 2.54. The molecule has 1 amide bonds. The van der Waals surface area contributed by atoms with E-state index >= 15 is 0 Å². The maximum absolute atomic E-state index is 13.4. The van der Waals surface area contributed by atoms with E-state index in [1.165, 1.54) is 0 Å². The lowest BCUT2D eigenvalue weighted by molar-refractivity contribution is -0.133. The molecule has 1 fully saturated rings.